The molecule has 1 N–H and O–H groups in total. The van der Waals surface area contributed by atoms with E-state index in [9.17, 15) is 34.6 Å². The largest absolute Gasteiger partial charge is 0.493 e. The molecule has 0 saturated carbocycles. The second-order valence-corrected chi connectivity index (χ2v) is 7.33. The number of hydrogen-bond donors (Lipinski definition) is 1. The van der Waals surface area contributed by atoms with Crippen LogP contribution >= 0.6 is 0 Å². The van der Waals surface area contributed by atoms with Crippen LogP contribution in [0.25, 0.3) is 0 Å². The van der Waals surface area contributed by atoms with Gasteiger partial charge in [-0.05, 0) is 36.4 Å². The molecule has 194 valence electrons. The minimum absolute atomic E-state index is 0.0138. The van der Waals surface area contributed by atoms with Crippen molar-refractivity contribution in [2.75, 3.05) is 7.11 Å². The van der Waals surface area contributed by atoms with Gasteiger partial charge in [-0.2, -0.15) is 5.10 Å². The first-order valence-corrected chi connectivity index (χ1v) is 10.5. The van der Waals surface area contributed by atoms with E-state index in [1.165, 1.54) is 50.4 Å². The van der Waals surface area contributed by atoms with Crippen molar-refractivity contribution in [3.63, 3.8) is 0 Å². The first kappa shape index (κ1) is 26.9. The molecule has 0 saturated heterocycles. The summed E-state index contributed by atoms with van der Waals surface area (Å²) in [6, 6.07) is 12.1. The number of ether oxygens (including phenoxy) is 3. The summed E-state index contributed by atoms with van der Waals surface area (Å²) in [5.41, 5.74) is 1.73. The molecule has 0 bridgehead atoms. The molecular weight excluding hydrogens is 504 g/mol. The molecule has 0 heterocycles. The van der Waals surface area contributed by atoms with Crippen molar-refractivity contribution in [3.8, 4) is 17.2 Å². The molecule has 0 atom stereocenters. The van der Waals surface area contributed by atoms with Crippen LogP contribution in [0, 0.1) is 20.2 Å². The van der Waals surface area contributed by atoms with E-state index in [0.717, 1.165) is 30.5 Å². The van der Waals surface area contributed by atoms with Crippen molar-refractivity contribution in [2.45, 2.75) is 6.92 Å². The van der Waals surface area contributed by atoms with E-state index in [4.69, 9.17) is 14.2 Å². The fraction of sp³-hybridized carbons (Fsp3) is 0.0833. The Morgan fingerprint density at radius 2 is 1.42 bits per heavy atom. The summed E-state index contributed by atoms with van der Waals surface area (Å²) < 4.78 is 15.5. The van der Waals surface area contributed by atoms with Crippen molar-refractivity contribution in [1.29, 1.82) is 0 Å². The SMILES string of the molecule is COc1cc(C(=O)Oc2ccc([N+](=O)[O-])cc2/C=N/NC(=O)c2ccc([N+](=O)[O-])cc2)ccc1OC(C)=O. The van der Waals surface area contributed by atoms with Crippen LogP contribution in [0.1, 0.15) is 33.2 Å². The molecule has 3 aromatic carbocycles. The van der Waals surface area contributed by atoms with E-state index < -0.39 is 27.7 Å². The molecule has 14 nitrogen and oxygen atoms in total. The van der Waals surface area contributed by atoms with Crippen LogP contribution in [-0.2, 0) is 4.79 Å². The van der Waals surface area contributed by atoms with Gasteiger partial charge in [0.15, 0.2) is 11.5 Å². The summed E-state index contributed by atoms with van der Waals surface area (Å²) in [6.45, 7) is 1.20. The van der Waals surface area contributed by atoms with Gasteiger partial charge in [-0.25, -0.2) is 10.2 Å². The monoisotopic (exact) mass is 522 g/mol. The second kappa shape index (κ2) is 11.9. The molecule has 14 heteroatoms. The Balaban J connectivity index is 1.81. The van der Waals surface area contributed by atoms with Gasteiger partial charge in [0.1, 0.15) is 5.75 Å². The maximum atomic E-state index is 12.7. The molecule has 3 aromatic rings. The van der Waals surface area contributed by atoms with Gasteiger partial charge in [0, 0.05) is 42.3 Å². The van der Waals surface area contributed by atoms with Crippen LogP contribution < -0.4 is 19.6 Å². The predicted octanol–water partition coefficient (Wildman–Crippen LogP) is 3.42. The quantitative estimate of drug-likeness (QED) is 0.143. The van der Waals surface area contributed by atoms with Crippen molar-refractivity contribution in [2.24, 2.45) is 5.10 Å². The highest BCUT2D eigenvalue weighted by Gasteiger charge is 2.18. The van der Waals surface area contributed by atoms with E-state index >= 15 is 0 Å². The molecule has 0 aliphatic heterocycles. The number of hydrogen-bond acceptors (Lipinski definition) is 11. The number of amides is 1. The number of hydrazone groups is 1. The van der Waals surface area contributed by atoms with Gasteiger partial charge in [0.25, 0.3) is 17.3 Å². The number of benzene rings is 3. The van der Waals surface area contributed by atoms with Crippen LogP contribution in [0.15, 0.2) is 65.8 Å². The Morgan fingerprint density at radius 3 is 2.03 bits per heavy atom. The topological polar surface area (TPSA) is 190 Å². The highest BCUT2D eigenvalue weighted by Crippen LogP contribution is 2.29. The van der Waals surface area contributed by atoms with Gasteiger partial charge < -0.3 is 14.2 Å². The Bertz CT molecular complexity index is 1450. The first-order valence-electron chi connectivity index (χ1n) is 10.5. The van der Waals surface area contributed by atoms with Crippen molar-refractivity contribution < 1.29 is 38.4 Å². The number of rotatable bonds is 9. The third kappa shape index (κ3) is 6.72. The minimum Gasteiger partial charge on any atom is -0.493 e. The van der Waals surface area contributed by atoms with Crippen LogP contribution in [0.4, 0.5) is 11.4 Å². The molecular formula is C24H18N4O10. The normalized spacial score (nSPS) is 10.5. The summed E-state index contributed by atoms with van der Waals surface area (Å²) in [7, 11) is 1.31. The summed E-state index contributed by atoms with van der Waals surface area (Å²) >= 11 is 0. The van der Waals surface area contributed by atoms with Gasteiger partial charge in [0.05, 0.1) is 28.7 Å². The van der Waals surface area contributed by atoms with Crippen LogP contribution in [0.2, 0.25) is 0 Å². The number of nitro benzene ring substituents is 2. The lowest BCUT2D eigenvalue weighted by atomic mass is 10.1. The fourth-order valence-electron chi connectivity index (χ4n) is 3.00. The Morgan fingerprint density at radius 1 is 0.816 bits per heavy atom. The molecule has 38 heavy (non-hydrogen) atoms. The van der Waals surface area contributed by atoms with Crippen molar-refractivity contribution in [1.82, 2.24) is 5.43 Å². The second-order valence-electron chi connectivity index (χ2n) is 7.33. The van der Waals surface area contributed by atoms with E-state index in [2.05, 4.69) is 10.5 Å². The minimum atomic E-state index is -0.865. The predicted molar refractivity (Wildman–Crippen MR) is 131 cm³/mol. The number of esters is 2. The van der Waals surface area contributed by atoms with E-state index in [1.807, 2.05) is 0 Å². The Labute approximate surface area is 213 Å². The molecule has 1 amide bonds. The Hall–Kier alpha value is -5.66. The molecule has 0 aliphatic rings. The number of nitro groups is 2. The standard InChI is InChI=1S/C24H18N4O10/c1-14(29)37-21-9-5-16(12-22(21)36-2)24(31)38-20-10-8-19(28(34)35)11-17(20)13-25-26-23(30)15-3-6-18(7-4-15)27(32)33/h3-13H,1-2H3,(H,26,30)/b25-13+. The zero-order valence-corrected chi connectivity index (χ0v) is 19.8. The highest BCUT2D eigenvalue weighted by molar-refractivity contribution is 5.96. The summed E-state index contributed by atoms with van der Waals surface area (Å²) in [5.74, 6) is -2.10. The average molecular weight is 522 g/mol. The number of nitrogens with zero attached hydrogens (tertiary/aromatic N) is 3. The Kier molecular flexibility index (Phi) is 8.40. The lowest BCUT2D eigenvalue weighted by molar-refractivity contribution is -0.385. The zero-order chi connectivity index (χ0) is 27.8. The molecule has 0 aromatic heterocycles. The maximum Gasteiger partial charge on any atom is 0.343 e. The number of non-ortho nitro benzene ring substituents is 2. The summed E-state index contributed by atoms with van der Waals surface area (Å²) in [5, 5.41) is 25.7. The first-order chi connectivity index (χ1) is 18.1. The molecule has 0 radical (unpaired) electrons. The zero-order valence-electron chi connectivity index (χ0n) is 19.8. The number of carbonyl (C=O) groups is 3. The molecule has 0 aliphatic carbocycles. The number of carbonyl (C=O) groups excluding carboxylic acids is 3. The van der Waals surface area contributed by atoms with Gasteiger partial charge in [-0.3, -0.25) is 29.8 Å². The number of nitrogens with one attached hydrogen (secondary N) is 1. The molecule has 3 rings (SSSR count). The lowest BCUT2D eigenvalue weighted by Crippen LogP contribution is -2.17. The van der Waals surface area contributed by atoms with E-state index in [-0.39, 0.29) is 45.3 Å². The van der Waals surface area contributed by atoms with E-state index in [0.29, 0.717) is 0 Å². The summed E-state index contributed by atoms with van der Waals surface area (Å²) in [6.07, 6.45) is 1.03. The lowest BCUT2D eigenvalue weighted by Gasteiger charge is -2.11. The van der Waals surface area contributed by atoms with Crippen molar-refractivity contribution in [3.05, 3.63) is 97.6 Å². The average Bonchev–Trinajstić information content (AvgIpc) is 2.89. The van der Waals surface area contributed by atoms with Gasteiger partial charge >= 0.3 is 11.9 Å². The van der Waals surface area contributed by atoms with Gasteiger partial charge in [-0.15, -0.1) is 0 Å². The van der Waals surface area contributed by atoms with Crippen LogP contribution in [0.3, 0.4) is 0 Å². The molecule has 0 fully saturated rings. The smallest absolute Gasteiger partial charge is 0.343 e. The molecule has 0 unspecified atom stereocenters. The third-order valence-electron chi connectivity index (χ3n) is 4.77. The highest BCUT2D eigenvalue weighted by atomic mass is 16.6. The van der Waals surface area contributed by atoms with E-state index in [1.54, 1.807) is 0 Å². The van der Waals surface area contributed by atoms with Gasteiger partial charge in [-0.1, -0.05) is 0 Å². The van der Waals surface area contributed by atoms with Crippen molar-refractivity contribution >= 4 is 35.4 Å². The number of methoxy groups -OCH3 is 1. The van der Waals surface area contributed by atoms with Crippen LogP contribution in [-0.4, -0.2) is 41.0 Å². The third-order valence-corrected chi connectivity index (χ3v) is 4.77. The van der Waals surface area contributed by atoms with Gasteiger partial charge in [0.2, 0.25) is 0 Å². The molecule has 0 spiro atoms. The maximum absolute atomic E-state index is 12.7. The van der Waals surface area contributed by atoms with Crippen LogP contribution in [0.5, 0.6) is 17.2 Å². The summed E-state index contributed by atoms with van der Waals surface area (Å²) in [4.78, 5) is 56.9. The fourth-order valence-corrected chi connectivity index (χ4v) is 3.00.